The first-order valence-electron chi connectivity index (χ1n) is 4.60. The first-order chi connectivity index (χ1) is 6.49. The van der Waals surface area contributed by atoms with E-state index in [1.807, 2.05) is 25.1 Å². The van der Waals surface area contributed by atoms with Gasteiger partial charge in [0.1, 0.15) is 5.54 Å². The zero-order chi connectivity index (χ0) is 10.3. The summed E-state index contributed by atoms with van der Waals surface area (Å²) in [5, 5.41) is 3.14. The van der Waals surface area contributed by atoms with Crippen molar-refractivity contribution in [1.82, 2.24) is 0 Å². The number of benzene rings is 1. The van der Waals surface area contributed by atoms with Crippen molar-refractivity contribution in [3.05, 3.63) is 23.8 Å². The third kappa shape index (κ3) is 1.35. The molecule has 74 valence electrons. The van der Waals surface area contributed by atoms with Crippen LogP contribution in [0, 0.1) is 6.92 Å². The van der Waals surface area contributed by atoms with Crippen molar-refractivity contribution in [3.8, 4) is 5.75 Å². The minimum Gasteiger partial charge on any atom is -0.423 e. The number of fused-ring (bicyclic) bond motifs is 1. The Balaban J connectivity index is 2.46. The van der Waals surface area contributed by atoms with Gasteiger partial charge in [-0.25, -0.2) is 4.79 Å². The molecule has 2 rings (SSSR count). The molecule has 1 N–H and O–H groups in total. The van der Waals surface area contributed by atoms with Crippen molar-refractivity contribution in [3.63, 3.8) is 0 Å². The topological polar surface area (TPSA) is 38.3 Å². The Morgan fingerprint density at radius 1 is 1.36 bits per heavy atom. The van der Waals surface area contributed by atoms with E-state index in [2.05, 4.69) is 5.32 Å². The lowest BCUT2D eigenvalue weighted by molar-refractivity contribution is -0.139. The van der Waals surface area contributed by atoms with Crippen LogP contribution in [0.3, 0.4) is 0 Å². The monoisotopic (exact) mass is 191 g/mol. The summed E-state index contributed by atoms with van der Waals surface area (Å²) in [7, 11) is 0. The van der Waals surface area contributed by atoms with Gasteiger partial charge in [0.25, 0.3) is 0 Å². The molecule has 0 unspecified atom stereocenters. The minimum atomic E-state index is -0.637. The Kier molecular flexibility index (Phi) is 1.77. The third-order valence-electron chi connectivity index (χ3n) is 2.30. The van der Waals surface area contributed by atoms with Crippen molar-refractivity contribution in [2.75, 3.05) is 5.32 Å². The van der Waals surface area contributed by atoms with Crippen molar-refractivity contribution in [1.29, 1.82) is 0 Å². The molecule has 3 nitrogen and oxygen atoms in total. The fraction of sp³-hybridized carbons (Fsp3) is 0.364. The van der Waals surface area contributed by atoms with Crippen LogP contribution in [0.4, 0.5) is 5.69 Å². The second-order valence-corrected chi connectivity index (χ2v) is 4.14. The SMILES string of the molecule is Cc1ccc2c(c1)OC(=O)C(C)(C)N2. The molecule has 0 fully saturated rings. The van der Waals surface area contributed by atoms with Crippen molar-refractivity contribution >= 4 is 11.7 Å². The number of carbonyl (C=O) groups excluding carboxylic acids is 1. The molecule has 0 amide bonds. The first kappa shape index (κ1) is 9.06. The molecule has 0 saturated heterocycles. The summed E-state index contributed by atoms with van der Waals surface area (Å²) in [5.74, 6) is 0.380. The Labute approximate surface area is 83.1 Å². The molecule has 0 atom stereocenters. The van der Waals surface area contributed by atoms with E-state index < -0.39 is 5.54 Å². The number of anilines is 1. The molecule has 0 aromatic heterocycles. The van der Waals surface area contributed by atoms with Gasteiger partial charge >= 0.3 is 5.97 Å². The summed E-state index contributed by atoms with van der Waals surface area (Å²) in [6.07, 6.45) is 0. The number of aryl methyl sites for hydroxylation is 1. The van der Waals surface area contributed by atoms with Gasteiger partial charge in [-0.1, -0.05) is 6.07 Å². The second-order valence-electron chi connectivity index (χ2n) is 4.14. The lowest BCUT2D eigenvalue weighted by Gasteiger charge is -2.31. The van der Waals surface area contributed by atoms with Crippen molar-refractivity contribution < 1.29 is 9.53 Å². The van der Waals surface area contributed by atoms with E-state index in [4.69, 9.17) is 4.74 Å². The van der Waals surface area contributed by atoms with E-state index in [0.29, 0.717) is 5.75 Å². The van der Waals surface area contributed by atoms with Gasteiger partial charge in [0.2, 0.25) is 0 Å². The summed E-state index contributed by atoms with van der Waals surface area (Å²) in [5.41, 5.74) is 1.32. The van der Waals surface area contributed by atoms with E-state index in [9.17, 15) is 4.79 Å². The zero-order valence-electron chi connectivity index (χ0n) is 8.55. The smallest absolute Gasteiger partial charge is 0.336 e. The number of ether oxygens (including phenoxy) is 1. The number of esters is 1. The molecule has 1 aromatic rings. The molecule has 1 heterocycles. The normalized spacial score (nSPS) is 18.1. The van der Waals surface area contributed by atoms with Crippen molar-refractivity contribution in [2.45, 2.75) is 26.3 Å². The van der Waals surface area contributed by atoms with Gasteiger partial charge in [-0.2, -0.15) is 0 Å². The molecule has 0 spiro atoms. The Morgan fingerprint density at radius 2 is 2.07 bits per heavy atom. The summed E-state index contributed by atoms with van der Waals surface area (Å²) < 4.78 is 5.23. The van der Waals surface area contributed by atoms with Gasteiger partial charge < -0.3 is 10.1 Å². The Bertz CT molecular complexity index is 396. The van der Waals surface area contributed by atoms with E-state index in [1.54, 1.807) is 13.8 Å². The molecular weight excluding hydrogens is 178 g/mol. The number of hydrogen-bond acceptors (Lipinski definition) is 3. The standard InChI is InChI=1S/C11H13NO2/c1-7-4-5-8-9(6-7)14-10(13)11(2,3)12-8/h4-6,12H,1-3H3. The van der Waals surface area contributed by atoms with Crippen LogP contribution in [0.2, 0.25) is 0 Å². The van der Waals surface area contributed by atoms with Crippen LogP contribution in [-0.2, 0) is 4.79 Å². The molecule has 0 saturated carbocycles. The van der Waals surface area contributed by atoms with E-state index in [0.717, 1.165) is 11.3 Å². The van der Waals surface area contributed by atoms with Crippen LogP contribution < -0.4 is 10.1 Å². The number of nitrogens with one attached hydrogen (secondary N) is 1. The number of rotatable bonds is 0. The van der Waals surface area contributed by atoms with Crippen LogP contribution in [0.5, 0.6) is 5.75 Å². The summed E-state index contributed by atoms with van der Waals surface area (Å²) in [6.45, 7) is 5.57. The quantitative estimate of drug-likeness (QED) is 0.504. The molecule has 14 heavy (non-hydrogen) atoms. The molecule has 3 heteroatoms. The highest BCUT2D eigenvalue weighted by atomic mass is 16.5. The van der Waals surface area contributed by atoms with Crippen molar-refractivity contribution in [2.24, 2.45) is 0 Å². The van der Waals surface area contributed by atoms with Crippen LogP contribution >= 0.6 is 0 Å². The zero-order valence-corrected chi connectivity index (χ0v) is 8.55. The average molecular weight is 191 g/mol. The first-order valence-corrected chi connectivity index (χ1v) is 4.60. The molecule has 1 aliphatic heterocycles. The van der Waals surface area contributed by atoms with E-state index in [-0.39, 0.29) is 5.97 Å². The Morgan fingerprint density at radius 3 is 2.79 bits per heavy atom. The van der Waals surface area contributed by atoms with Gasteiger partial charge in [0, 0.05) is 0 Å². The van der Waals surface area contributed by atoms with Gasteiger partial charge in [0.15, 0.2) is 5.75 Å². The Hall–Kier alpha value is -1.51. The van der Waals surface area contributed by atoms with Gasteiger partial charge in [-0.15, -0.1) is 0 Å². The van der Waals surface area contributed by atoms with Crippen LogP contribution in [0.15, 0.2) is 18.2 Å². The predicted molar refractivity (Wildman–Crippen MR) is 54.5 cm³/mol. The number of hydrogen-bond donors (Lipinski definition) is 1. The van der Waals surface area contributed by atoms with Crippen LogP contribution in [0.1, 0.15) is 19.4 Å². The summed E-state index contributed by atoms with van der Waals surface area (Å²) in [4.78, 5) is 11.5. The molecule has 0 radical (unpaired) electrons. The minimum absolute atomic E-state index is 0.240. The lowest BCUT2D eigenvalue weighted by Crippen LogP contribution is -2.46. The molecule has 1 aromatic carbocycles. The van der Waals surface area contributed by atoms with Gasteiger partial charge in [0.05, 0.1) is 5.69 Å². The fourth-order valence-electron chi connectivity index (χ4n) is 1.43. The second kappa shape index (κ2) is 2.74. The highest BCUT2D eigenvalue weighted by Crippen LogP contribution is 2.33. The third-order valence-corrected chi connectivity index (χ3v) is 2.30. The number of carbonyl (C=O) groups is 1. The maximum absolute atomic E-state index is 11.5. The maximum atomic E-state index is 11.5. The van der Waals surface area contributed by atoms with Crippen LogP contribution in [-0.4, -0.2) is 11.5 Å². The van der Waals surface area contributed by atoms with Gasteiger partial charge in [-0.3, -0.25) is 0 Å². The highest BCUT2D eigenvalue weighted by molar-refractivity contribution is 5.90. The summed E-state index contributed by atoms with van der Waals surface area (Å²) >= 11 is 0. The molecule has 1 aliphatic rings. The van der Waals surface area contributed by atoms with E-state index >= 15 is 0 Å². The molecular formula is C11H13NO2. The average Bonchev–Trinajstić information content (AvgIpc) is 2.08. The predicted octanol–water partition coefficient (Wildman–Crippen LogP) is 2.10. The molecule has 0 aliphatic carbocycles. The largest absolute Gasteiger partial charge is 0.423 e. The van der Waals surface area contributed by atoms with E-state index in [1.165, 1.54) is 0 Å². The summed E-state index contributed by atoms with van der Waals surface area (Å²) in [6, 6.07) is 5.77. The maximum Gasteiger partial charge on any atom is 0.336 e. The lowest BCUT2D eigenvalue weighted by atomic mass is 10.0. The highest BCUT2D eigenvalue weighted by Gasteiger charge is 2.34. The molecule has 0 bridgehead atoms. The van der Waals surface area contributed by atoms with Crippen LogP contribution in [0.25, 0.3) is 0 Å². The fourth-order valence-corrected chi connectivity index (χ4v) is 1.43. The van der Waals surface area contributed by atoms with Gasteiger partial charge in [-0.05, 0) is 38.5 Å².